The van der Waals surface area contributed by atoms with E-state index in [1.807, 2.05) is 0 Å². The summed E-state index contributed by atoms with van der Waals surface area (Å²) in [7, 11) is -3.85. The lowest BCUT2D eigenvalue weighted by molar-refractivity contribution is -0.139. The molecule has 1 heterocycles. The molecule has 7 nitrogen and oxygen atoms in total. The maximum absolute atomic E-state index is 12.9. The van der Waals surface area contributed by atoms with E-state index in [9.17, 15) is 18.0 Å². The zero-order valence-corrected chi connectivity index (χ0v) is 17.1. The van der Waals surface area contributed by atoms with Gasteiger partial charge in [0, 0.05) is 10.7 Å². The van der Waals surface area contributed by atoms with Crippen LogP contribution in [-0.2, 0) is 19.4 Å². The highest BCUT2D eigenvalue weighted by Crippen LogP contribution is 2.29. The zero-order valence-electron chi connectivity index (χ0n) is 15.5. The maximum Gasteiger partial charge on any atom is 0.338 e. The van der Waals surface area contributed by atoms with E-state index < -0.39 is 33.6 Å². The highest BCUT2D eigenvalue weighted by Gasteiger charge is 2.35. The van der Waals surface area contributed by atoms with Crippen molar-refractivity contribution in [3.05, 3.63) is 76.5 Å². The lowest BCUT2D eigenvalue weighted by Gasteiger charge is -2.29. The summed E-state index contributed by atoms with van der Waals surface area (Å²) in [5.74, 6) is -1.27. The highest BCUT2D eigenvalue weighted by molar-refractivity contribution is 7.91. The maximum atomic E-state index is 12.9. The van der Waals surface area contributed by atoms with Gasteiger partial charge in [0.25, 0.3) is 0 Å². The van der Waals surface area contributed by atoms with Crippen LogP contribution < -0.4 is 10.6 Å². The van der Waals surface area contributed by atoms with Crippen LogP contribution >= 0.6 is 11.6 Å². The lowest BCUT2D eigenvalue weighted by atomic mass is 9.95. The van der Waals surface area contributed by atoms with Crippen molar-refractivity contribution in [3.63, 3.8) is 0 Å². The van der Waals surface area contributed by atoms with Crippen molar-refractivity contribution < 1.29 is 22.7 Å². The first kappa shape index (κ1) is 20.9. The Kier molecular flexibility index (Phi) is 6.24. The molecule has 0 fully saturated rings. The molecule has 2 N–H and O–H groups in total. The third kappa shape index (κ3) is 4.78. The molecular weight excluding hydrogens is 416 g/mol. The molecule has 0 bridgehead atoms. The zero-order chi connectivity index (χ0) is 21.0. The van der Waals surface area contributed by atoms with Gasteiger partial charge in [-0.05, 0) is 36.8 Å². The molecule has 9 heteroatoms. The van der Waals surface area contributed by atoms with E-state index in [1.165, 1.54) is 24.3 Å². The average Bonchev–Trinajstić information content (AvgIpc) is 2.68. The molecule has 0 unspecified atom stereocenters. The van der Waals surface area contributed by atoms with Gasteiger partial charge in [-0.15, -0.1) is 0 Å². The van der Waals surface area contributed by atoms with Crippen molar-refractivity contribution >= 4 is 33.4 Å². The third-order valence-electron chi connectivity index (χ3n) is 4.29. The molecule has 2 amide bonds. The molecule has 0 aromatic heterocycles. The Labute approximate surface area is 173 Å². The predicted molar refractivity (Wildman–Crippen MR) is 108 cm³/mol. The van der Waals surface area contributed by atoms with Gasteiger partial charge in [-0.25, -0.2) is 18.0 Å². The fraction of sp³-hybridized carbons (Fsp3) is 0.200. The Balaban J connectivity index is 2.08. The minimum Gasteiger partial charge on any atom is -0.463 e. The largest absolute Gasteiger partial charge is 0.463 e. The number of urea groups is 1. The van der Waals surface area contributed by atoms with Gasteiger partial charge in [0.2, 0.25) is 0 Å². The molecular formula is C20H19ClN2O5S. The van der Waals surface area contributed by atoms with Crippen LogP contribution in [0.1, 0.15) is 18.5 Å². The fourth-order valence-electron chi connectivity index (χ4n) is 2.99. The molecule has 29 heavy (non-hydrogen) atoms. The van der Waals surface area contributed by atoms with Crippen molar-refractivity contribution in [1.82, 2.24) is 10.6 Å². The molecule has 0 spiro atoms. The third-order valence-corrected chi connectivity index (χ3v) is 6.20. The highest BCUT2D eigenvalue weighted by atomic mass is 35.5. The van der Waals surface area contributed by atoms with Gasteiger partial charge >= 0.3 is 12.0 Å². The van der Waals surface area contributed by atoms with E-state index in [0.717, 1.165) is 0 Å². The van der Waals surface area contributed by atoms with Crippen molar-refractivity contribution in [3.8, 4) is 0 Å². The fourth-order valence-corrected chi connectivity index (χ4v) is 4.44. The number of amides is 2. The van der Waals surface area contributed by atoms with Crippen LogP contribution in [0.3, 0.4) is 0 Å². The SMILES string of the molecule is CCOC(=O)C1=C(CS(=O)(=O)c2ccc(Cl)cc2)NC(=O)N[C@@H]1c1ccccc1. The standard InChI is InChI=1S/C20H19ClN2O5S/c1-2-28-19(24)17-16(12-29(26,27)15-10-8-14(21)9-11-15)22-20(25)23-18(17)13-6-4-3-5-7-13/h3-11,18H,2,12H2,1H3,(H2,22,23,25)/t18-/m1/s1. The van der Waals surface area contributed by atoms with Gasteiger partial charge in [0.15, 0.2) is 9.84 Å². The first-order valence-corrected chi connectivity index (χ1v) is 10.9. The van der Waals surface area contributed by atoms with E-state index in [1.54, 1.807) is 37.3 Å². The molecule has 2 aromatic carbocycles. The van der Waals surface area contributed by atoms with Crippen LogP contribution in [0.25, 0.3) is 0 Å². The Hall–Kier alpha value is -2.84. The molecule has 0 radical (unpaired) electrons. The Morgan fingerprint density at radius 2 is 1.76 bits per heavy atom. The second-order valence-corrected chi connectivity index (χ2v) is 8.69. The van der Waals surface area contributed by atoms with Gasteiger partial charge in [-0.1, -0.05) is 41.9 Å². The predicted octanol–water partition coefficient (Wildman–Crippen LogP) is 2.99. The Morgan fingerprint density at radius 1 is 1.10 bits per heavy atom. The number of sulfone groups is 1. The minimum atomic E-state index is -3.85. The van der Waals surface area contributed by atoms with Gasteiger partial charge in [0.1, 0.15) is 0 Å². The first-order chi connectivity index (χ1) is 13.8. The molecule has 0 saturated heterocycles. The van der Waals surface area contributed by atoms with Crippen LogP contribution in [0.15, 0.2) is 70.8 Å². The number of carbonyl (C=O) groups is 2. The average molecular weight is 435 g/mol. The van der Waals surface area contributed by atoms with Crippen molar-refractivity contribution in [1.29, 1.82) is 0 Å². The number of carbonyl (C=O) groups excluding carboxylic acids is 2. The Morgan fingerprint density at radius 3 is 2.38 bits per heavy atom. The number of ether oxygens (including phenoxy) is 1. The summed E-state index contributed by atoms with van der Waals surface area (Å²) in [5.41, 5.74) is 0.665. The van der Waals surface area contributed by atoms with Crippen LogP contribution in [-0.4, -0.2) is 32.8 Å². The topological polar surface area (TPSA) is 102 Å². The summed E-state index contributed by atoms with van der Waals surface area (Å²) in [6, 6.07) is 13.0. The van der Waals surface area contributed by atoms with Gasteiger partial charge in [-0.2, -0.15) is 0 Å². The molecule has 152 valence electrons. The van der Waals surface area contributed by atoms with Gasteiger partial charge < -0.3 is 15.4 Å². The quantitative estimate of drug-likeness (QED) is 0.680. The van der Waals surface area contributed by atoms with E-state index in [4.69, 9.17) is 16.3 Å². The van der Waals surface area contributed by atoms with Crippen molar-refractivity contribution in [2.75, 3.05) is 12.4 Å². The number of esters is 1. The normalized spacial score (nSPS) is 16.8. The minimum absolute atomic E-state index is 0.0176. The van der Waals surface area contributed by atoms with Gasteiger partial charge in [0.05, 0.1) is 28.9 Å². The summed E-state index contributed by atoms with van der Waals surface area (Å²) < 4.78 is 30.9. The van der Waals surface area contributed by atoms with Gasteiger partial charge in [-0.3, -0.25) is 0 Å². The number of hydrogen-bond acceptors (Lipinski definition) is 5. The smallest absolute Gasteiger partial charge is 0.338 e. The number of benzene rings is 2. The number of rotatable bonds is 6. The molecule has 3 rings (SSSR count). The summed E-state index contributed by atoms with van der Waals surface area (Å²) in [5, 5.41) is 5.53. The van der Waals surface area contributed by atoms with Crippen LogP contribution in [0, 0.1) is 0 Å². The van der Waals surface area contributed by atoms with E-state index in [0.29, 0.717) is 10.6 Å². The molecule has 1 atom stereocenters. The van der Waals surface area contributed by atoms with Crippen LogP contribution in [0.2, 0.25) is 5.02 Å². The molecule has 0 aliphatic carbocycles. The van der Waals surface area contributed by atoms with E-state index >= 15 is 0 Å². The monoisotopic (exact) mass is 434 g/mol. The van der Waals surface area contributed by atoms with E-state index in [-0.39, 0.29) is 22.8 Å². The summed E-state index contributed by atoms with van der Waals surface area (Å²) >= 11 is 5.83. The second kappa shape index (κ2) is 8.67. The summed E-state index contributed by atoms with van der Waals surface area (Å²) in [6.45, 7) is 1.75. The number of nitrogens with one attached hydrogen (secondary N) is 2. The van der Waals surface area contributed by atoms with Crippen LogP contribution in [0.4, 0.5) is 4.79 Å². The Bertz CT molecular complexity index is 1050. The molecule has 2 aromatic rings. The summed E-state index contributed by atoms with van der Waals surface area (Å²) in [6.07, 6.45) is 0. The molecule has 1 aliphatic rings. The number of hydrogen-bond donors (Lipinski definition) is 2. The molecule has 0 saturated carbocycles. The molecule has 1 aliphatic heterocycles. The number of halogens is 1. The van der Waals surface area contributed by atoms with Crippen molar-refractivity contribution in [2.24, 2.45) is 0 Å². The lowest BCUT2D eigenvalue weighted by Crippen LogP contribution is -2.47. The second-order valence-electron chi connectivity index (χ2n) is 6.27. The summed E-state index contributed by atoms with van der Waals surface area (Å²) in [4.78, 5) is 24.9. The first-order valence-electron chi connectivity index (χ1n) is 8.82. The van der Waals surface area contributed by atoms with E-state index in [2.05, 4.69) is 10.6 Å². The van der Waals surface area contributed by atoms with Crippen molar-refractivity contribution in [2.45, 2.75) is 17.9 Å². The van der Waals surface area contributed by atoms with Crippen LogP contribution in [0.5, 0.6) is 0 Å².